The second-order valence-electron chi connectivity index (χ2n) is 2.18. The number of ether oxygens (including phenoxy) is 1. The lowest BCUT2D eigenvalue weighted by molar-refractivity contribution is -0.159. The molecule has 1 unspecified atom stereocenters. The third-order valence-corrected chi connectivity index (χ3v) is 0.797. The van der Waals surface area contributed by atoms with Crippen molar-refractivity contribution in [3.8, 4) is 0 Å². The van der Waals surface area contributed by atoms with Gasteiger partial charge in [-0.2, -0.15) is 0 Å². The molecule has 0 aliphatic rings. The van der Waals surface area contributed by atoms with Crippen LogP contribution < -0.4 is 0 Å². The van der Waals surface area contributed by atoms with Gasteiger partial charge in [0, 0.05) is 0 Å². The van der Waals surface area contributed by atoms with Crippen LogP contribution in [0.5, 0.6) is 0 Å². The number of hydrogen-bond acceptors (Lipinski definition) is 4. The summed E-state index contributed by atoms with van der Waals surface area (Å²) in [6.07, 6.45) is -1.66. The maximum Gasteiger partial charge on any atom is 0.337 e. The summed E-state index contributed by atoms with van der Waals surface area (Å²) in [7, 11) is 0. The Morgan fingerprint density at radius 1 is 1.60 bits per heavy atom. The first kappa shape index (κ1) is 9.39. The molecule has 0 rings (SSSR count). The molecule has 0 saturated heterocycles. The van der Waals surface area contributed by atoms with E-state index in [1.54, 1.807) is 13.8 Å². The van der Waals surface area contributed by atoms with Gasteiger partial charge < -0.3 is 14.9 Å². The van der Waals surface area contributed by atoms with E-state index in [1.807, 2.05) is 0 Å². The van der Waals surface area contributed by atoms with E-state index < -0.39 is 18.7 Å². The molecule has 4 nitrogen and oxygen atoms in total. The number of aliphatic hydroxyl groups is 2. The highest BCUT2D eigenvalue weighted by atomic mass is 16.6. The van der Waals surface area contributed by atoms with Crippen LogP contribution in [0.4, 0.5) is 0 Å². The van der Waals surface area contributed by atoms with Crippen molar-refractivity contribution < 1.29 is 19.7 Å². The number of esters is 1. The molecule has 0 heterocycles. The zero-order valence-corrected chi connectivity index (χ0v) is 6.07. The third kappa shape index (κ3) is 3.42. The normalized spacial score (nSPS) is 13.3. The molecule has 0 aliphatic heterocycles. The molecule has 0 spiro atoms. The lowest BCUT2D eigenvalue weighted by atomic mass is 10.4. The average Bonchev–Trinajstić information content (AvgIpc) is 1.85. The summed E-state index contributed by atoms with van der Waals surface area (Å²) in [5, 5.41) is 16.9. The fourth-order valence-corrected chi connectivity index (χ4v) is 0.385. The molecule has 0 aromatic carbocycles. The van der Waals surface area contributed by atoms with Gasteiger partial charge in [-0.15, -0.1) is 0 Å². The summed E-state index contributed by atoms with van der Waals surface area (Å²) < 4.78 is 4.55. The Balaban J connectivity index is 3.62. The summed E-state index contributed by atoms with van der Waals surface area (Å²) in [6, 6.07) is 0. The van der Waals surface area contributed by atoms with E-state index >= 15 is 0 Å². The molecule has 10 heavy (non-hydrogen) atoms. The van der Waals surface area contributed by atoms with Crippen LogP contribution in [-0.4, -0.2) is 35.0 Å². The predicted octanol–water partition coefficient (Wildman–Crippen LogP) is -0.709. The Morgan fingerprint density at radius 3 is 2.40 bits per heavy atom. The van der Waals surface area contributed by atoms with E-state index in [0.717, 1.165) is 0 Å². The summed E-state index contributed by atoms with van der Waals surface area (Å²) in [5.41, 5.74) is 0. The smallest absolute Gasteiger partial charge is 0.337 e. The van der Waals surface area contributed by atoms with E-state index in [9.17, 15) is 4.79 Å². The number of aliphatic hydroxyl groups excluding tert-OH is 2. The molecular formula is C6H12O4. The monoisotopic (exact) mass is 148 g/mol. The molecule has 0 saturated carbocycles. The van der Waals surface area contributed by atoms with Gasteiger partial charge in [-0.25, -0.2) is 4.79 Å². The minimum atomic E-state index is -1.40. The molecule has 0 amide bonds. The van der Waals surface area contributed by atoms with Crippen molar-refractivity contribution in [2.24, 2.45) is 0 Å². The first-order chi connectivity index (χ1) is 4.57. The largest absolute Gasteiger partial charge is 0.461 e. The second-order valence-corrected chi connectivity index (χ2v) is 2.18. The van der Waals surface area contributed by atoms with E-state index in [1.165, 1.54) is 0 Å². The SMILES string of the molecule is CC(C)OC(=O)C(O)CO. The third-order valence-electron chi connectivity index (χ3n) is 0.797. The number of hydrogen-bond donors (Lipinski definition) is 2. The zero-order valence-electron chi connectivity index (χ0n) is 6.07. The van der Waals surface area contributed by atoms with Crippen molar-refractivity contribution in [1.29, 1.82) is 0 Å². The zero-order chi connectivity index (χ0) is 8.15. The minimum Gasteiger partial charge on any atom is -0.461 e. The molecule has 1 atom stereocenters. The molecule has 0 fully saturated rings. The number of carbonyl (C=O) groups is 1. The van der Waals surface area contributed by atoms with Gasteiger partial charge >= 0.3 is 5.97 Å². The van der Waals surface area contributed by atoms with Crippen LogP contribution >= 0.6 is 0 Å². The van der Waals surface area contributed by atoms with Crippen molar-refractivity contribution in [2.75, 3.05) is 6.61 Å². The number of rotatable bonds is 3. The molecule has 0 aromatic heterocycles. The summed E-state index contributed by atoms with van der Waals surface area (Å²) in [5.74, 6) is -0.780. The Kier molecular flexibility index (Phi) is 3.99. The Morgan fingerprint density at radius 2 is 2.10 bits per heavy atom. The highest BCUT2D eigenvalue weighted by molar-refractivity contribution is 5.74. The topological polar surface area (TPSA) is 66.8 Å². The first-order valence-electron chi connectivity index (χ1n) is 3.07. The molecule has 0 aliphatic carbocycles. The highest BCUT2D eigenvalue weighted by Crippen LogP contribution is 1.92. The Labute approximate surface area is 59.4 Å². The van der Waals surface area contributed by atoms with Crippen LogP contribution in [0.2, 0.25) is 0 Å². The van der Waals surface area contributed by atoms with Crippen LogP contribution in [0.25, 0.3) is 0 Å². The number of carbonyl (C=O) groups excluding carboxylic acids is 1. The van der Waals surface area contributed by atoms with Gasteiger partial charge in [0.25, 0.3) is 0 Å². The van der Waals surface area contributed by atoms with Crippen LogP contribution in [0.1, 0.15) is 13.8 Å². The van der Waals surface area contributed by atoms with E-state index in [2.05, 4.69) is 4.74 Å². The van der Waals surface area contributed by atoms with Gasteiger partial charge in [0.1, 0.15) is 0 Å². The van der Waals surface area contributed by atoms with Crippen molar-refractivity contribution in [3.05, 3.63) is 0 Å². The van der Waals surface area contributed by atoms with Gasteiger partial charge in [0.2, 0.25) is 0 Å². The van der Waals surface area contributed by atoms with Crippen molar-refractivity contribution in [3.63, 3.8) is 0 Å². The molecule has 0 aromatic rings. The lowest BCUT2D eigenvalue weighted by Gasteiger charge is -2.10. The van der Waals surface area contributed by atoms with Crippen LogP contribution in [0.15, 0.2) is 0 Å². The second kappa shape index (κ2) is 4.24. The quantitative estimate of drug-likeness (QED) is 0.519. The van der Waals surface area contributed by atoms with Crippen LogP contribution in [0, 0.1) is 0 Å². The molecule has 60 valence electrons. The van der Waals surface area contributed by atoms with E-state index in [0.29, 0.717) is 0 Å². The summed E-state index contributed by atoms with van der Waals surface area (Å²) in [6.45, 7) is 2.75. The molecule has 2 N–H and O–H groups in total. The molecule has 0 radical (unpaired) electrons. The maximum absolute atomic E-state index is 10.6. The van der Waals surface area contributed by atoms with Crippen LogP contribution in [0.3, 0.4) is 0 Å². The van der Waals surface area contributed by atoms with Gasteiger partial charge in [-0.3, -0.25) is 0 Å². The maximum atomic E-state index is 10.6. The fourth-order valence-electron chi connectivity index (χ4n) is 0.385. The highest BCUT2D eigenvalue weighted by Gasteiger charge is 2.15. The Hall–Kier alpha value is -0.610. The molecular weight excluding hydrogens is 136 g/mol. The van der Waals surface area contributed by atoms with Gasteiger partial charge in [-0.05, 0) is 13.8 Å². The molecule has 4 heteroatoms. The van der Waals surface area contributed by atoms with E-state index in [4.69, 9.17) is 10.2 Å². The Bertz CT molecular complexity index is 110. The van der Waals surface area contributed by atoms with Gasteiger partial charge in [0.05, 0.1) is 12.7 Å². The van der Waals surface area contributed by atoms with E-state index in [-0.39, 0.29) is 6.10 Å². The van der Waals surface area contributed by atoms with Gasteiger partial charge in [-0.1, -0.05) is 0 Å². The van der Waals surface area contributed by atoms with Crippen molar-refractivity contribution in [2.45, 2.75) is 26.1 Å². The first-order valence-corrected chi connectivity index (χ1v) is 3.07. The van der Waals surface area contributed by atoms with Gasteiger partial charge in [0.15, 0.2) is 6.10 Å². The summed E-state index contributed by atoms with van der Waals surface area (Å²) in [4.78, 5) is 10.6. The van der Waals surface area contributed by atoms with Crippen LogP contribution in [-0.2, 0) is 9.53 Å². The average molecular weight is 148 g/mol. The minimum absolute atomic E-state index is 0.256. The van der Waals surface area contributed by atoms with Crippen molar-refractivity contribution >= 4 is 5.97 Å². The molecule has 0 bridgehead atoms. The standard InChI is InChI=1S/C6H12O4/c1-4(2)10-6(9)5(8)3-7/h4-5,7-8H,3H2,1-2H3. The fraction of sp³-hybridized carbons (Fsp3) is 0.833. The van der Waals surface area contributed by atoms with Crippen molar-refractivity contribution in [1.82, 2.24) is 0 Å². The lowest BCUT2D eigenvalue weighted by Crippen LogP contribution is -2.28. The predicted molar refractivity (Wildman–Crippen MR) is 34.3 cm³/mol. The summed E-state index contributed by atoms with van der Waals surface area (Å²) >= 11 is 0.